The van der Waals surface area contributed by atoms with Gasteiger partial charge in [-0.25, -0.2) is 4.79 Å². The maximum Gasteiger partial charge on any atom is 0.345 e. The summed E-state index contributed by atoms with van der Waals surface area (Å²) in [4.78, 5) is 12.1. The first kappa shape index (κ1) is 12.6. The summed E-state index contributed by atoms with van der Waals surface area (Å²) in [5, 5.41) is 8.81. The summed E-state index contributed by atoms with van der Waals surface area (Å²) in [7, 11) is 0. The van der Waals surface area contributed by atoms with Crippen molar-refractivity contribution in [1.82, 2.24) is 0 Å². The largest absolute Gasteiger partial charge is 0.477 e. The quantitative estimate of drug-likeness (QED) is 0.894. The van der Waals surface area contributed by atoms with Gasteiger partial charge in [-0.05, 0) is 43.7 Å². The fourth-order valence-electron chi connectivity index (χ4n) is 2.17. The average Bonchev–Trinajstić information content (AvgIpc) is 2.77. The van der Waals surface area contributed by atoms with Crippen molar-refractivity contribution in [1.29, 1.82) is 0 Å². The number of hydrogen-bond acceptors (Lipinski definition) is 3. The minimum atomic E-state index is -0.854. The van der Waals surface area contributed by atoms with Gasteiger partial charge < -0.3 is 9.84 Å². The Hall–Kier alpha value is -0.870. The van der Waals surface area contributed by atoms with Crippen LogP contribution in [0.25, 0.3) is 0 Å². The van der Waals surface area contributed by atoms with E-state index in [4.69, 9.17) is 9.84 Å². The van der Waals surface area contributed by atoms with E-state index in [2.05, 4.69) is 6.92 Å². The minimum absolute atomic E-state index is 0.363. The molecule has 2 rings (SSSR count). The first-order valence-corrected chi connectivity index (χ1v) is 6.90. The highest BCUT2D eigenvalue weighted by molar-refractivity contribution is 7.13. The number of rotatable bonds is 4. The molecule has 17 heavy (non-hydrogen) atoms. The third-order valence-corrected chi connectivity index (χ3v) is 4.34. The van der Waals surface area contributed by atoms with Crippen LogP contribution in [0.2, 0.25) is 0 Å². The van der Waals surface area contributed by atoms with Crippen LogP contribution in [0.5, 0.6) is 0 Å². The third-order valence-electron chi connectivity index (χ3n) is 3.30. The van der Waals surface area contributed by atoms with Crippen molar-refractivity contribution in [3.8, 4) is 0 Å². The average molecular weight is 254 g/mol. The van der Waals surface area contributed by atoms with E-state index in [1.807, 2.05) is 6.07 Å². The molecule has 1 aromatic rings. The van der Waals surface area contributed by atoms with Crippen molar-refractivity contribution in [2.75, 3.05) is 0 Å². The fourth-order valence-corrected chi connectivity index (χ4v) is 2.94. The molecule has 4 heteroatoms. The second kappa shape index (κ2) is 5.65. The van der Waals surface area contributed by atoms with Crippen molar-refractivity contribution < 1.29 is 14.6 Å². The van der Waals surface area contributed by atoms with E-state index in [1.54, 1.807) is 6.07 Å². The normalized spacial score (nSPS) is 24.8. The highest BCUT2D eigenvalue weighted by Gasteiger charge is 2.18. The Kier molecular flexibility index (Phi) is 4.18. The zero-order valence-corrected chi connectivity index (χ0v) is 10.8. The van der Waals surface area contributed by atoms with Gasteiger partial charge in [0.15, 0.2) is 0 Å². The number of carboxylic acids is 1. The molecule has 1 aliphatic rings. The van der Waals surface area contributed by atoms with E-state index >= 15 is 0 Å². The number of ether oxygens (including phenoxy) is 1. The van der Waals surface area contributed by atoms with Gasteiger partial charge >= 0.3 is 5.97 Å². The van der Waals surface area contributed by atoms with Crippen LogP contribution in [-0.2, 0) is 11.3 Å². The molecule has 1 saturated carbocycles. The lowest BCUT2D eigenvalue weighted by molar-refractivity contribution is 0.0100. The molecular weight excluding hydrogens is 236 g/mol. The minimum Gasteiger partial charge on any atom is -0.477 e. The Balaban J connectivity index is 1.79. The van der Waals surface area contributed by atoms with E-state index in [1.165, 1.54) is 24.2 Å². The molecule has 0 bridgehead atoms. The maximum atomic E-state index is 10.7. The molecule has 0 saturated heterocycles. The second-order valence-electron chi connectivity index (χ2n) is 4.76. The third kappa shape index (κ3) is 3.54. The van der Waals surface area contributed by atoms with Crippen molar-refractivity contribution in [2.45, 2.75) is 45.3 Å². The van der Waals surface area contributed by atoms with E-state index in [0.29, 0.717) is 17.6 Å². The molecule has 0 amide bonds. The molecule has 1 aromatic heterocycles. The van der Waals surface area contributed by atoms with Crippen LogP contribution >= 0.6 is 11.3 Å². The van der Waals surface area contributed by atoms with Gasteiger partial charge in [0.2, 0.25) is 0 Å². The molecule has 1 fully saturated rings. The number of carboxylic acid groups (broad SMARTS) is 1. The summed E-state index contributed by atoms with van der Waals surface area (Å²) < 4.78 is 5.83. The van der Waals surface area contributed by atoms with Crippen LogP contribution < -0.4 is 0 Å². The molecule has 94 valence electrons. The van der Waals surface area contributed by atoms with Crippen LogP contribution in [0.3, 0.4) is 0 Å². The topological polar surface area (TPSA) is 46.5 Å². The lowest BCUT2D eigenvalue weighted by atomic mass is 9.89. The molecule has 1 N–H and O–H groups in total. The number of hydrogen-bond donors (Lipinski definition) is 1. The molecule has 0 radical (unpaired) electrons. The van der Waals surface area contributed by atoms with E-state index in [9.17, 15) is 4.79 Å². The Morgan fingerprint density at radius 2 is 2.12 bits per heavy atom. The van der Waals surface area contributed by atoms with Gasteiger partial charge in [-0.15, -0.1) is 11.3 Å². The first-order valence-electron chi connectivity index (χ1n) is 6.08. The van der Waals surface area contributed by atoms with Crippen LogP contribution in [0, 0.1) is 5.92 Å². The summed E-state index contributed by atoms with van der Waals surface area (Å²) in [6.07, 6.45) is 5.13. The summed E-state index contributed by atoms with van der Waals surface area (Å²) >= 11 is 1.31. The van der Waals surface area contributed by atoms with Gasteiger partial charge in [0.25, 0.3) is 0 Å². The van der Waals surface area contributed by atoms with Gasteiger partial charge in [-0.1, -0.05) is 6.92 Å². The SMILES string of the molecule is CC1CCC(OCc2ccc(C(=O)O)s2)CC1. The summed E-state index contributed by atoms with van der Waals surface area (Å²) in [5.74, 6) is -0.0251. The molecule has 3 nitrogen and oxygen atoms in total. The van der Waals surface area contributed by atoms with E-state index in [-0.39, 0.29) is 0 Å². The maximum absolute atomic E-state index is 10.7. The highest BCUT2D eigenvalue weighted by Crippen LogP contribution is 2.27. The van der Waals surface area contributed by atoms with E-state index in [0.717, 1.165) is 23.6 Å². The molecule has 1 aliphatic carbocycles. The summed E-state index contributed by atoms with van der Waals surface area (Å²) in [6, 6.07) is 3.49. The molecule has 0 aliphatic heterocycles. The Morgan fingerprint density at radius 3 is 2.71 bits per heavy atom. The lowest BCUT2D eigenvalue weighted by Gasteiger charge is -2.26. The Bertz CT molecular complexity index is 378. The molecule has 0 spiro atoms. The van der Waals surface area contributed by atoms with Gasteiger partial charge in [0.05, 0.1) is 12.7 Å². The summed E-state index contributed by atoms with van der Waals surface area (Å²) in [5.41, 5.74) is 0. The second-order valence-corrected chi connectivity index (χ2v) is 5.93. The molecular formula is C13H18O3S. The van der Waals surface area contributed by atoms with Crippen molar-refractivity contribution in [3.63, 3.8) is 0 Å². The number of carbonyl (C=O) groups is 1. The monoisotopic (exact) mass is 254 g/mol. The predicted octanol–water partition coefficient (Wildman–Crippen LogP) is 3.54. The molecule has 0 aromatic carbocycles. The standard InChI is InChI=1S/C13H18O3S/c1-9-2-4-10(5-3-9)16-8-11-6-7-12(17-11)13(14)15/h6-7,9-10H,2-5,8H2,1H3,(H,14,15). The zero-order chi connectivity index (χ0) is 12.3. The van der Waals surface area contributed by atoms with Crippen LogP contribution in [-0.4, -0.2) is 17.2 Å². The zero-order valence-electron chi connectivity index (χ0n) is 10.0. The predicted molar refractivity (Wildman–Crippen MR) is 67.5 cm³/mol. The van der Waals surface area contributed by atoms with Gasteiger partial charge in [0, 0.05) is 4.88 Å². The van der Waals surface area contributed by atoms with Crippen molar-refractivity contribution in [3.05, 3.63) is 21.9 Å². The van der Waals surface area contributed by atoms with E-state index < -0.39 is 5.97 Å². The Morgan fingerprint density at radius 1 is 1.41 bits per heavy atom. The van der Waals surface area contributed by atoms with Crippen molar-refractivity contribution in [2.24, 2.45) is 5.92 Å². The van der Waals surface area contributed by atoms with Crippen molar-refractivity contribution >= 4 is 17.3 Å². The summed E-state index contributed by atoms with van der Waals surface area (Å²) in [6.45, 7) is 2.84. The van der Waals surface area contributed by atoms with Gasteiger partial charge in [-0.2, -0.15) is 0 Å². The smallest absolute Gasteiger partial charge is 0.345 e. The number of aromatic carboxylic acids is 1. The lowest BCUT2D eigenvalue weighted by Crippen LogP contribution is -2.20. The number of thiophene rings is 1. The molecule has 1 heterocycles. The Labute approximate surface area is 105 Å². The molecule has 0 atom stereocenters. The van der Waals surface area contributed by atoms with Gasteiger partial charge in [-0.3, -0.25) is 0 Å². The fraction of sp³-hybridized carbons (Fsp3) is 0.615. The first-order chi connectivity index (χ1) is 8.15. The van der Waals surface area contributed by atoms with Gasteiger partial charge in [0.1, 0.15) is 4.88 Å². The van der Waals surface area contributed by atoms with Crippen LogP contribution in [0.15, 0.2) is 12.1 Å². The molecule has 0 unspecified atom stereocenters. The van der Waals surface area contributed by atoms with Crippen LogP contribution in [0.4, 0.5) is 0 Å². The highest BCUT2D eigenvalue weighted by atomic mass is 32.1. The van der Waals surface area contributed by atoms with Crippen LogP contribution in [0.1, 0.15) is 47.2 Å².